The number of rotatable bonds is 7. The Morgan fingerprint density at radius 3 is 2.33 bits per heavy atom. The van der Waals surface area contributed by atoms with Crippen LogP contribution in [0.2, 0.25) is 0 Å². The van der Waals surface area contributed by atoms with E-state index in [9.17, 15) is 8.42 Å². The largest absolute Gasteiger partial charge is 0.287 e. The lowest BCUT2D eigenvalue weighted by Crippen LogP contribution is -2.25. The fraction of sp³-hybridized carbons (Fsp3) is 0.538. The average molecular weight is 271 g/mol. The highest BCUT2D eigenvalue weighted by Crippen LogP contribution is 2.11. The molecular formula is C13H21NO3S. The first-order valence-corrected chi connectivity index (χ1v) is 7.66. The van der Waals surface area contributed by atoms with Gasteiger partial charge in [-0.1, -0.05) is 44.2 Å². The summed E-state index contributed by atoms with van der Waals surface area (Å²) in [6.07, 6.45) is 2.00. The molecule has 0 bridgehead atoms. The highest BCUT2D eigenvalue weighted by Gasteiger charge is 2.13. The van der Waals surface area contributed by atoms with Gasteiger partial charge in [-0.3, -0.25) is 4.84 Å². The second kappa shape index (κ2) is 6.87. The van der Waals surface area contributed by atoms with Crippen molar-refractivity contribution in [3.8, 4) is 0 Å². The van der Waals surface area contributed by atoms with Gasteiger partial charge in [0.25, 0.3) is 10.0 Å². The van der Waals surface area contributed by atoms with Crippen molar-refractivity contribution in [2.45, 2.75) is 38.5 Å². The Morgan fingerprint density at radius 1 is 1.22 bits per heavy atom. The molecule has 0 aliphatic heterocycles. The van der Waals surface area contributed by atoms with Gasteiger partial charge in [-0.05, 0) is 30.0 Å². The van der Waals surface area contributed by atoms with E-state index >= 15 is 0 Å². The highest BCUT2D eigenvalue weighted by molar-refractivity contribution is 7.89. The lowest BCUT2D eigenvalue weighted by atomic mass is 10.1. The number of benzene rings is 1. The van der Waals surface area contributed by atoms with Gasteiger partial charge in [-0.25, -0.2) is 8.42 Å². The van der Waals surface area contributed by atoms with Crippen LogP contribution in [0.3, 0.4) is 0 Å². The molecule has 18 heavy (non-hydrogen) atoms. The van der Waals surface area contributed by atoms with Crippen LogP contribution in [0.15, 0.2) is 29.2 Å². The first-order valence-electron chi connectivity index (χ1n) is 6.18. The summed E-state index contributed by atoms with van der Waals surface area (Å²) < 4.78 is 23.7. The van der Waals surface area contributed by atoms with Crippen molar-refractivity contribution in [1.29, 1.82) is 0 Å². The van der Waals surface area contributed by atoms with Gasteiger partial charge < -0.3 is 0 Å². The first-order chi connectivity index (χ1) is 8.45. The van der Waals surface area contributed by atoms with Crippen LogP contribution in [-0.2, 0) is 21.3 Å². The number of hydrogen-bond acceptors (Lipinski definition) is 3. The maximum Gasteiger partial charge on any atom is 0.262 e. The predicted octanol–water partition coefficient (Wildman–Crippen LogP) is 2.51. The van der Waals surface area contributed by atoms with Crippen LogP contribution in [0.1, 0.15) is 32.8 Å². The van der Waals surface area contributed by atoms with Gasteiger partial charge in [0.05, 0.1) is 11.5 Å². The normalized spacial score (nSPS) is 12.0. The average Bonchev–Trinajstić information content (AvgIpc) is 2.29. The second-order valence-electron chi connectivity index (χ2n) is 4.69. The van der Waals surface area contributed by atoms with E-state index < -0.39 is 10.0 Å². The minimum Gasteiger partial charge on any atom is -0.287 e. The Bertz CT molecular complexity index is 452. The van der Waals surface area contributed by atoms with E-state index in [0.29, 0.717) is 6.61 Å². The summed E-state index contributed by atoms with van der Waals surface area (Å²) in [5.74, 6) is 0.277. The molecule has 4 nitrogen and oxygen atoms in total. The zero-order valence-electron chi connectivity index (χ0n) is 11.1. The molecule has 1 rings (SSSR count). The summed E-state index contributed by atoms with van der Waals surface area (Å²) in [6.45, 7) is 6.35. The Balaban J connectivity index is 2.67. The van der Waals surface area contributed by atoms with E-state index in [1.807, 2.05) is 26.0 Å². The second-order valence-corrected chi connectivity index (χ2v) is 6.33. The quantitative estimate of drug-likeness (QED) is 0.775. The SMILES string of the molecule is CCCc1ccc(S(=O)(=O)NOCC(C)C)cc1. The van der Waals surface area contributed by atoms with Crippen LogP contribution in [0.5, 0.6) is 0 Å². The third-order valence-electron chi connectivity index (χ3n) is 2.36. The van der Waals surface area contributed by atoms with Crippen molar-refractivity contribution in [3.05, 3.63) is 29.8 Å². The standard InChI is InChI=1S/C13H21NO3S/c1-4-5-12-6-8-13(9-7-12)18(15,16)14-17-10-11(2)3/h6-9,11,14H,4-5,10H2,1-3H3. The van der Waals surface area contributed by atoms with Crippen LogP contribution in [0, 0.1) is 5.92 Å². The molecular weight excluding hydrogens is 250 g/mol. The molecule has 0 saturated carbocycles. The van der Waals surface area contributed by atoms with E-state index in [4.69, 9.17) is 4.84 Å². The van der Waals surface area contributed by atoms with E-state index in [-0.39, 0.29) is 10.8 Å². The molecule has 0 aliphatic carbocycles. The van der Waals surface area contributed by atoms with Gasteiger partial charge >= 0.3 is 0 Å². The Morgan fingerprint density at radius 2 is 1.83 bits per heavy atom. The summed E-state index contributed by atoms with van der Waals surface area (Å²) in [4.78, 5) is 7.31. The molecule has 0 heterocycles. The number of nitrogens with one attached hydrogen (secondary N) is 1. The van der Waals surface area contributed by atoms with Crippen molar-refractivity contribution < 1.29 is 13.3 Å². The van der Waals surface area contributed by atoms with Gasteiger partial charge in [0.15, 0.2) is 0 Å². The zero-order chi connectivity index (χ0) is 13.6. The lowest BCUT2D eigenvalue weighted by Gasteiger charge is -2.09. The van der Waals surface area contributed by atoms with Crippen molar-refractivity contribution >= 4 is 10.0 Å². The first kappa shape index (κ1) is 15.1. The molecule has 0 amide bonds. The smallest absolute Gasteiger partial charge is 0.262 e. The predicted molar refractivity (Wildman–Crippen MR) is 71.5 cm³/mol. The molecule has 0 spiro atoms. The fourth-order valence-corrected chi connectivity index (χ4v) is 2.26. The van der Waals surface area contributed by atoms with Crippen LogP contribution in [0.4, 0.5) is 0 Å². The molecule has 0 fully saturated rings. The zero-order valence-corrected chi connectivity index (χ0v) is 12.0. The molecule has 0 unspecified atom stereocenters. The van der Waals surface area contributed by atoms with E-state index in [1.165, 1.54) is 0 Å². The molecule has 0 atom stereocenters. The maximum atomic E-state index is 11.8. The number of hydrogen-bond donors (Lipinski definition) is 1. The summed E-state index contributed by atoms with van der Waals surface area (Å²) in [5.41, 5.74) is 1.14. The van der Waals surface area contributed by atoms with Crippen molar-refractivity contribution in [1.82, 2.24) is 4.89 Å². The molecule has 1 N–H and O–H groups in total. The molecule has 0 aromatic heterocycles. The Hall–Kier alpha value is -0.910. The topological polar surface area (TPSA) is 55.4 Å². The van der Waals surface area contributed by atoms with Crippen LogP contribution >= 0.6 is 0 Å². The van der Waals surface area contributed by atoms with E-state index in [1.54, 1.807) is 12.1 Å². The molecule has 1 aromatic rings. The minimum absolute atomic E-state index is 0.228. The summed E-state index contributed by atoms with van der Waals surface area (Å²) in [7, 11) is -3.56. The number of aryl methyl sites for hydroxylation is 1. The third-order valence-corrected chi connectivity index (χ3v) is 3.59. The van der Waals surface area contributed by atoms with E-state index in [0.717, 1.165) is 18.4 Å². The Labute approximate surface area is 109 Å². The molecule has 1 aromatic carbocycles. The van der Waals surface area contributed by atoms with Gasteiger partial charge in [0, 0.05) is 0 Å². The van der Waals surface area contributed by atoms with Gasteiger partial charge in [-0.2, -0.15) is 0 Å². The van der Waals surface area contributed by atoms with Crippen LogP contribution in [0.25, 0.3) is 0 Å². The van der Waals surface area contributed by atoms with Gasteiger partial charge in [0.1, 0.15) is 0 Å². The van der Waals surface area contributed by atoms with Crippen LogP contribution in [-0.4, -0.2) is 15.0 Å². The molecule has 102 valence electrons. The van der Waals surface area contributed by atoms with E-state index in [2.05, 4.69) is 11.8 Å². The summed E-state index contributed by atoms with van der Waals surface area (Å²) >= 11 is 0. The molecule has 0 aliphatic rings. The fourth-order valence-electron chi connectivity index (χ4n) is 1.45. The van der Waals surface area contributed by atoms with Gasteiger partial charge in [0.2, 0.25) is 0 Å². The minimum atomic E-state index is -3.56. The monoisotopic (exact) mass is 271 g/mol. The molecule has 0 radical (unpaired) electrons. The van der Waals surface area contributed by atoms with Crippen LogP contribution < -0.4 is 4.89 Å². The van der Waals surface area contributed by atoms with Crippen molar-refractivity contribution in [2.75, 3.05) is 6.61 Å². The van der Waals surface area contributed by atoms with Crippen molar-refractivity contribution in [3.63, 3.8) is 0 Å². The van der Waals surface area contributed by atoms with Crippen molar-refractivity contribution in [2.24, 2.45) is 5.92 Å². The molecule has 5 heteroatoms. The Kier molecular flexibility index (Phi) is 5.78. The third kappa shape index (κ3) is 4.76. The molecule has 0 saturated heterocycles. The highest BCUT2D eigenvalue weighted by atomic mass is 32.2. The lowest BCUT2D eigenvalue weighted by molar-refractivity contribution is 0.0719. The van der Waals surface area contributed by atoms with Gasteiger partial charge in [-0.15, -0.1) is 0 Å². The summed E-state index contributed by atoms with van der Waals surface area (Å²) in [5, 5.41) is 0. The summed E-state index contributed by atoms with van der Waals surface area (Å²) in [6, 6.07) is 6.87. The number of sulfonamides is 1. The maximum absolute atomic E-state index is 11.8.